The summed E-state index contributed by atoms with van der Waals surface area (Å²) in [6, 6.07) is 12.1. The molecule has 2 fully saturated rings. The topological polar surface area (TPSA) is 202 Å². The number of aromatic nitrogens is 4. The number of hydrogen-bond donors (Lipinski definition) is 4. The van der Waals surface area contributed by atoms with Crippen molar-refractivity contribution in [2.75, 3.05) is 41.6 Å². The maximum atomic E-state index is 14.2. The first-order valence-corrected chi connectivity index (χ1v) is 22.0. The Kier molecular flexibility index (Phi) is 12.8. The van der Waals surface area contributed by atoms with E-state index < -0.39 is 30.4 Å². The molecule has 0 radical (unpaired) electrons. The summed E-state index contributed by atoms with van der Waals surface area (Å²) in [6.07, 6.45) is 2.71. The van der Waals surface area contributed by atoms with Crippen molar-refractivity contribution in [1.29, 1.82) is 0 Å². The number of benzene rings is 3. The zero-order chi connectivity index (χ0) is 45.4. The van der Waals surface area contributed by atoms with Gasteiger partial charge in [-0.1, -0.05) is 38.5 Å². The van der Waals surface area contributed by atoms with Crippen molar-refractivity contribution in [1.82, 2.24) is 40.4 Å². The average Bonchev–Trinajstić information content (AvgIpc) is 4.14. The molecule has 17 nitrogen and oxygen atoms in total. The first-order valence-electron chi connectivity index (χ1n) is 22.0. The molecule has 3 aliphatic rings. The Labute approximate surface area is 371 Å². The van der Waals surface area contributed by atoms with Crippen LogP contribution in [0.4, 0.5) is 9.59 Å². The van der Waals surface area contributed by atoms with Crippen molar-refractivity contribution in [2.45, 2.75) is 96.3 Å². The van der Waals surface area contributed by atoms with Crippen LogP contribution in [0.15, 0.2) is 48.7 Å². The number of H-pyrrole nitrogens is 2. The molecule has 0 spiro atoms. The van der Waals surface area contributed by atoms with Gasteiger partial charge in [-0.3, -0.25) is 9.59 Å². The standard InChI is InChI=1S/C47H58N8O9/c1-9-24(2)39(52-46(58)62-7)44(56)54-21-27(22-60-5)16-37(54)43-49-34-14-12-28-18-33-31-13-11-29(17-30(31)23-64-38(33)19-32(28)41(34)51-43)35-20-48-42(50-35)36-15-10-25(3)55(36)45(57)40(26(4)61-6)53-47(59)63-8/h11-14,17-20,24-27,36-37,39-40H,9-10,15-16,21-23H2,1-8H3,(H,48,50)(H,49,51)(H,52,58)(H,53,59)/t24?,25-,26?,27-,36-,37-,39?,40?/m0/s1. The van der Waals surface area contributed by atoms with Crippen LogP contribution in [-0.4, -0.2) is 120 Å². The van der Waals surface area contributed by atoms with E-state index in [9.17, 15) is 19.2 Å². The number of fused-ring (bicyclic) bond motifs is 6. The SMILES string of the molecule is CCC(C)C(NC(=O)OC)C(=O)N1C[C@@H](COC)C[C@H]1c1nc2c(ccc3cc4c(cc32)OCc2cc(-c3cnc([C@@H]5CC[C@H](C)N5C(=O)C(NC(=O)OC)C(C)OC)[nH]3)ccc2-4)[nH]1. The van der Waals surface area contributed by atoms with Crippen LogP contribution >= 0.6 is 0 Å². The van der Waals surface area contributed by atoms with E-state index in [1.807, 2.05) is 31.7 Å². The molecular weight excluding hydrogens is 821 g/mol. The van der Waals surface area contributed by atoms with Crippen LogP contribution in [0.1, 0.15) is 82.7 Å². The lowest BCUT2D eigenvalue weighted by atomic mass is 9.92. The van der Waals surface area contributed by atoms with Gasteiger partial charge in [0.1, 0.15) is 36.1 Å². The van der Waals surface area contributed by atoms with E-state index >= 15 is 0 Å². The molecule has 8 rings (SSSR count). The van der Waals surface area contributed by atoms with Gasteiger partial charge in [0.15, 0.2) is 0 Å². The van der Waals surface area contributed by atoms with E-state index in [0.717, 1.165) is 61.9 Å². The predicted molar refractivity (Wildman–Crippen MR) is 238 cm³/mol. The normalized spacial score (nSPS) is 21.1. The number of nitrogens with one attached hydrogen (secondary N) is 4. The molecular formula is C47H58N8O9. The molecule has 8 atom stereocenters. The van der Waals surface area contributed by atoms with Crippen molar-refractivity contribution in [3.63, 3.8) is 0 Å². The maximum Gasteiger partial charge on any atom is 0.407 e. The summed E-state index contributed by atoms with van der Waals surface area (Å²) < 4.78 is 27.1. The third kappa shape index (κ3) is 8.33. The molecule has 340 valence electrons. The predicted octanol–water partition coefficient (Wildman–Crippen LogP) is 6.78. The van der Waals surface area contributed by atoms with E-state index in [1.54, 1.807) is 25.1 Å². The minimum atomic E-state index is -0.931. The molecule has 2 saturated heterocycles. The van der Waals surface area contributed by atoms with E-state index in [1.165, 1.54) is 21.3 Å². The Morgan fingerprint density at radius 2 is 1.66 bits per heavy atom. The highest BCUT2D eigenvalue weighted by Gasteiger charge is 2.43. The van der Waals surface area contributed by atoms with E-state index in [0.29, 0.717) is 50.7 Å². The highest BCUT2D eigenvalue weighted by Crippen LogP contribution is 2.44. The molecule has 3 aliphatic heterocycles. The van der Waals surface area contributed by atoms with Crippen LogP contribution in [0, 0.1) is 11.8 Å². The molecule has 0 aliphatic carbocycles. The van der Waals surface area contributed by atoms with Crippen molar-refractivity contribution >= 4 is 45.8 Å². The number of rotatable bonds is 13. The molecule has 17 heteroatoms. The van der Waals surface area contributed by atoms with Crippen LogP contribution < -0.4 is 15.4 Å². The Bertz CT molecular complexity index is 2560. The molecule has 3 aromatic carbocycles. The van der Waals surface area contributed by atoms with Crippen LogP contribution in [0.5, 0.6) is 5.75 Å². The first-order chi connectivity index (χ1) is 30.9. The summed E-state index contributed by atoms with van der Waals surface area (Å²) in [7, 11) is 5.72. The number of methoxy groups -OCH3 is 4. The van der Waals surface area contributed by atoms with Gasteiger partial charge in [-0.05, 0) is 85.4 Å². The van der Waals surface area contributed by atoms with Gasteiger partial charge in [0, 0.05) is 43.7 Å². The summed E-state index contributed by atoms with van der Waals surface area (Å²) in [5.41, 5.74) is 6.43. The number of ether oxygens (including phenoxy) is 5. The van der Waals surface area contributed by atoms with E-state index in [-0.39, 0.29) is 41.8 Å². The zero-order valence-electron chi connectivity index (χ0n) is 37.7. The number of imidazole rings is 2. The molecule has 4 N–H and O–H groups in total. The molecule has 0 saturated carbocycles. The monoisotopic (exact) mass is 878 g/mol. The lowest BCUT2D eigenvalue weighted by Crippen LogP contribution is -2.55. The van der Waals surface area contributed by atoms with Gasteiger partial charge in [-0.2, -0.15) is 0 Å². The molecule has 64 heavy (non-hydrogen) atoms. The first kappa shape index (κ1) is 44.4. The second-order valence-corrected chi connectivity index (χ2v) is 17.3. The largest absolute Gasteiger partial charge is 0.488 e. The molecule has 5 aromatic rings. The quantitative estimate of drug-likeness (QED) is 0.0971. The van der Waals surface area contributed by atoms with Gasteiger partial charge >= 0.3 is 12.2 Å². The number of aromatic amines is 2. The van der Waals surface area contributed by atoms with Crippen LogP contribution in [0.2, 0.25) is 0 Å². The average molecular weight is 879 g/mol. The van der Waals surface area contributed by atoms with Gasteiger partial charge in [-0.15, -0.1) is 0 Å². The fourth-order valence-electron chi connectivity index (χ4n) is 9.60. The number of carbonyl (C=O) groups is 4. The number of likely N-dealkylation sites (tertiary alicyclic amines) is 2. The highest BCUT2D eigenvalue weighted by molar-refractivity contribution is 6.07. The van der Waals surface area contributed by atoms with Gasteiger partial charge in [0.05, 0.1) is 61.9 Å². The fraction of sp³-hybridized carbons (Fsp3) is 0.489. The van der Waals surface area contributed by atoms with Gasteiger partial charge in [0.25, 0.3) is 0 Å². The second-order valence-electron chi connectivity index (χ2n) is 17.3. The molecule has 0 bridgehead atoms. The van der Waals surface area contributed by atoms with Crippen LogP contribution in [-0.2, 0) is 35.1 Å². The molecule has 4 amide bonds. The lowest BCUT2D eigenvalue weighted by molar-refractivity contribution is -0.139. The third-order valence-corrected chi connectivity index (χ3v) is 13.4. The van der Waals surface area contributed by atoms with E-state index in [2.05, 4.69) is 57.0 Å². The van der Waals surface area contributed by atoms with Crippen molar-refractivity contribution in [3.05, 3.63) is 65.9 Å². The van der Waals surface area contributed by atoms with Gasteiger partial charge in [-0.25, -0.2) is 19.6 Å². The number of nitrogens with zero attached hydrogens (tertiary/aromatic N) is 4. The third-order valence-electron chi connectivity index (χ3n) is 13.4. The number of alkyl carbamates (subject to hydrolysis) is 2. The van der Waals surface area contributed by atoms with Crippen molar-refractivity contribution in [2.24, 2.45) is 11.8 Å². The summed E-state index contributed by atoms with van der Waals surface area (Å²) in [5, 5.41) is 7.35. The van der Waals surface area contributed by atoms with Crippen molar-refractivity contribution in [3.8, 4) is 28.1 Å². The number of amides is 4. The summed E-state index contributed by atoms with van der Waals surface area (Å²) in [4.78, 5) is 73.2. The van der Waals surface area contributed by atoms with Gasteiger partial charge in [0.2, 0.25) is 11.8 Å². The van der Waals surface area contributed by atoms with Crippen LogP contribution in [0.25, 0.3) is 44.2 Å². The Morgan fingerprint density at radius 1 is 0.891 bits per heavy atom. The lowest BCUT2D eigenvalue weighted by Gasteiger charge is -2.33. The summed E-state index contributed by atoms with van der Waals surface area (Å²) in [6.45, 7) is 9.00. The smallest absolute Gasteiger partial charge is 0.407 e. The summed E-state index contributed by atoms with van der Waals surface area (Å²) >= 11 is 0. The Hall–Kier alpha value is -6.20. The fourth-order valence-corrected chi connectivity index (χ4v) is 9.60. The minimum Gasteiger partial charge on any atom is -0.488 e. The molecule has 5 heterocycles. The number of hydrogen-bond acceptors (Lipinski definition) is 11. The molecule has 2 aromatic heterocycles. The minimum absolute atomic E-state index is 0.0759. The maximum absolute atomic E-state index is 14.2. The number of carbonyl (C=O) groups excluding carboxylic acids is 4. The Morgan fingerprint density at radius 3 is 2.38 bits per heavy atom. The molecule has 4 unspecified atom stereocenters. The van der Waals surface area contributed by atoms with Crippen LogP contribution in [0.3, 0.4) is 0 Å². The zero-order valence-corrected chi connectivity index (χ0v) is 37.7. The Balaban J connectivity index is 1.05. The van der Waals surface area contributed by atoms with Crippen molar-refractivity contribution < 1.29 is 42.9 Å². The van der Waals surface area contributed by atoms with Gasteiger partial charge < -0.3 is 54.1 Å². The highest BCUT2D eigenvalue weighted by atomic mass is 16.5. The second kappa shape index (κ2) is 18.5. The summed E-state index contributed by atoms with van der Waals surface area (Å²) in [5.74, 6) is 1.63. The van der Waals surface area contributed by atoms with E-state index in [4.69, 9.17) is 33.7 Å².